The van der Waals surface area contributed by atoms with Crippen LogP contribution in [0.2, 0.25) is 0 Å². The predicted octanol–water partition coefficient (Wildman–Crippen LogP) is 1.97. The fraction of sp³-hybridized carbons (Fsp3) is 0.529. The number of rotatable bonds is 6. The van der Waals surface area contributed by atoms with E-state index in [0.29, 0.717) is 30.2 Å². The van der Waals surface area contributed by atoms with Gasteiger partial charge >= 0.3 is 0 Å². The Kier molecular flexibility index (Phi) is 5.47. The molecule has 1 aliphatic rings. The summed E-state index contributed by atoms with van der Waals surface area (Å²) in [6.45, 7) is 4.44. The molecule has 1 saturated heterocycles. The highest BCUT2D eigenvalue weighted by Gasteiger charge is 2.38. The number of carbonyl (C=O) groups is 2. The molecule has 126 valence electrons. The van der Waals surface area contributed by atoms with Crippen molar-refractivity contribution >= 4 is 17.5 Å². The Morgan fingerprint density at radius 3 is 2.43 bits per heavy atom. The number of anilines is 1. The Morgan fingerprint density at radius 1 is 1.30 bits per heavy atom. The monoisotopic (exact) mass is 320 g/mol. The molecular weight excluding hydrogens is 296 g/mol. The first kappa shape index (κ1) is 17.1. The largest absolute Gasteiger partial charge is 0.497 e. The van der Waals surface area contributed by atoms with Crippen LogP contribution in [0.15, 0.2) is 18.2 Å². The number of hydrogen-bond donors (Lipinski definition) is 1. The SMILES string of the molecule is CCC(C)NC(=O)C1CCN(c2cc(OC)cc(OC)c2)C1=O. The molecule has 1 fully saturated rings. The van der Waals surface area contributed by atoms with E-state index in [1.54, 1.807) is 37.3 Å². The molecule has 0 aromatic heterocycles. The summed E-state index contributed by atoms with van der Waals surface area (Å²) < 4.78 is 10.5. The summed E-state index contributed by atoms with van der Waals surface area (Å²) in [7, 11) is 3.12. The lowest BCUT2D eigenvalue weighted by Crippen LogP contribution is -2.40. The second-order valence-electron chi connectivity index (χ2n) is 5.72. The molecule has 1 N–H and O–H groups in total. The van der Waals surface area contributed by atoms with Crippen LogP contribution in [0.1, 0.15) is 26.7 Å². The third-order valence-corrected chi connectivity index (χ3v) is 4.17. The van der Waals surface area contributed by atoms with Gasteiger partial charge in [0.25, 0.3) is 0 Å². The molecule has 6 nitrogen and oxygen atoms in total. The van der Waals surface area contributed by atoms with E-state index in [0.717, 1.165) is 6.42 Å². The summed E-state index contributed by atoms with van der Waals surface area (Å²) in [5.41, 5.74) is 0.685. The van der Waals surface area contributed by atoms with Crippen molar-refractivity contribution in [1.82, 2.24) is 5.32 Å². The Hall–Kier alpha value is -2.24. The maximum absolute atomic E-state index is 12.6. The van der Waals surface area contributed by atoms with Gasteiger partial charge in [0.2, 0.25) is 11.8 Å². The van der Waals surface area contributed by atoms with Crippen molar-refractivity contribution in [2.75, 3.05) is 25.7 Å². The van der Waals surface area contributed by atoms with Crippen LogP contribution in [0.4, 0.5) is 5.69 Å². The molecule has 1 aromatic carbocycles. The van der Waals surface area contributed by atoms with E-state index in [2.05, 4.69) is 5.32 Å². The summed E-state index contributed by atoms with van der Waals surface area (Å²) in [5, 5.41) is 2.88. The quantitative estimate of drug-likeness (QED) is 0.814. The number of benzene rings is 1. The minimum absolute atomic E-state index is 0.0706. The smallest absolute Gasteiger partial charge is 0.239 e. The van der Waals surface area contributed by atoms with Crippen molar-refractivity contribution in [3.05, 3.63) is 18.2 Å². The summed E-state index contributed by atoms with van der Waals surface area (Å²) >= 11 is 0. The van der Waals surface area contributed by atoms with Gasteiger partial charge in [0.05, 0.1) is 19.9 Å². The zero-order valence-electron chi connectivity index (χ0n) is 14.1. The highest BCUT2D eigenvalue weighted by Crippen LogP contribution is 2.32. The van der Waals surface area contributed by atoms with Crippen molar-refractivity contribution in [3.8, 4) is 11.5 Å². The molecule has 23 heavy (non-hydrogen) atoms. The first-order chi connectivity index (χ1) is 11.0. The first-order valence-electron chi connectivity index (χ1n) is 7.85. The zero-order valence-corrected chi connectivity index (χ0v) is 14.1. The summed E-state index contributed by atoms with van der Waals surface area (Å²) in [6.07, 6.45) is 1.35. The molecule has 0 spiro atoms. The van der Waals surface area contributed by atoms with Crippen LogP contribution < -0.4 is 19.7 Å². The van der Waals surface area contributed by atoms with Gasteiger partial charge in [-0.25, -0.2) is 0 Å². The van der Waals surface area contributed by atoms with Gasteiger partial charge in [0.15, 0.2) is 0 Å². The number of nitrogens with zero attached hydrogens (tertiary/aromatic N) is 1. The van der Waals surface area contributed by atoms with Crippen LogP contribution in [0, 0.1) is 5.92 Å². The first-order valence-corrected chi connectivity index (χ1v) is 7.85. The van der Waals surface area contributed by atoms with Crippen LogP contribution in [0.5, 0.6) is 11.5 Å². The highest BCUT2D eigenvalue weighted by molar-refractivity contribution is 6.09. The van der Waals surface area contributed by atoms with E-state index in [4.69, 9.17) is 9.47 Å². The van der Waals surface area contributed by atoms with Crippen LogP contribution in [-0.4, -0.2) is 38.6 Å². The molecule has 1 heterocycles. The molecule has 1 aromatic rings. The van der Waals surface area contributed by atoms with E-state index < -0.39 is 5.92 Å². The minimum atomic E-state index is -0.624. The average Bonchev–Trinajstić information content (AvgIpc) is 2.95. The fourth-order valence-electron chi connectivity index (χ4n) is 2.57. The molecule has 0 radical (unpaired) electrons. The van der Waals surface area contributed by atoms with Crippen LogP contribution in [-0.2, 0) is 9.59 Å². The molecule has 0 bridgehead atoms. The lowest BCUT2D eigenvalue weighted by Gasteiger charge is -2.19. The summed E-state index contributed by atoms with van der Waals surface area (Å²) in [6, 6.07) is 5.36. The molecule has 2 amide bonds. The molecule has 2 rings (SSSR count). The van der Waals surface area contributed by atoms with Gasteiger partial charge < -0.3 is 19.7 Å². The zero-order chi connectivity index (χ0) is 17.0. The lowest BCUT2D eigenvalue weighted by molar-refractivity contribution is -0.132. The summed E-state index contributed by atoms with van der Waals surface area (Å²) in [4.78, 5) is 26.5. The number of amides is 2. The molecule has 0 aliphatic carbocycles. The Bertz CT molecular complexity index is 566. The van der Waals surface area contributed by atoms with E-state index >= 15 is 0 Å². The average molecular weight is 320 g/mol. The molecule has 2 atom stereocenters. The molecule has 2 unspecified atom stereocenters. The molecule has 0 saturated carbocycles. The van der Waals surface area contributed by atoms with Gasteiger partial charge in [-0.1, -0.05) is 6.92 Å². The van der Waals surface area contributed by atoms with E-state index in [1.807, 2.05) is 13.8 Å². The maximum atomic E-state index is 12.6. The van der Waals surface area contributed by atoms with Crippen LogP contribution in [0.25, 0.3) is 0 Å². The maximum Gasteiger partial charge on any atom is 0.239 e. The Labute approximate surface area is 136 Å². The Balaban J connectivity index is 2.17. The predicted molar refractivity (Wildman–Crippen MR) is 87.9 cm³/mol. The molecular formula is C17H24N2O4. The summed E-state index contributed by atoms with van der Waals surface area (Å²) in [5.74, 6) is 0.225. The van der Waals surface area contributed by atoms with E-state index in [9.17, 15) is 9.59 Å². The molecule has 6 heteroatoms. The van der Waals surface area contributed by atoms with Gasteiger partial charge in [0.1, 0.15) is 17.4 Å². The number of nitrogens with one attached hydrogen (secondary N) is 1. The van der Waals surface area contributed by atoms with Gasteiger partial charge in [0, 0.05) is 30.8 Å². The number of carbonyl (C=O) groups excluding carboxylic acids is 2. The van der Waals surface area contributed by atoms with E-state index in [1.165, 1.54) is 0 Å². The third-order valence-electron chi connectivity index (χ3n) is 4.17. The number of hydrogen-bond acceptors (Lipinski definition) is 4. The lowest BCUT2D eigenvalue weighted by atomic mass is 10.1. The second kappa shape index (κ2) is 7.35. The van der Waals surface area contributed by atoms with Crippen molar-refractivity contribution in [1.29, 1.82) is 0 Å². The highest BCUT2D eigenvalue weighted by atomic mass is 16.5. The number of ether oxygens (including phenoxy) is 2. The van der Waals surface area contributed by atoms with Crippen molar-refractivity contribution < 1.29 is 19.1 Å². The molecule has 1 aliphatic heterocycles. The minimum Gasteiger partial charge on any atom is -0.497 e. The Morgan fingerprint density at radius 2 is 1.91 bits per heavy atom. The van der Waals surface area contributed by atoms with Crippen molar-refractivity contribution in [2.24, 2.45) is 5.92 Å². The van der Waals surface area contributed by atoms with E-state index in [-0.39, 0.29) is 17.9 Å². The van der Waals surface area contributed by atoms with Crippen LogP contribution in [0.3, 0.4) is 0 Å². The third kappa shape index (κ3) is 3.75. The van der Waals surface area contributed by atoms with Crippen molar-refractivity contribution in [2.45, 2.75) is 32.7 Å². The van der Waals surface area contributed by atoms with Gasteiger partial charge in [-0.3, -0.25) is 9.59 Å². The number of methoxy groups -OCH3 is 2. The van der Waals surface area contributed by atoms with Gasteiger partial charge in [-0.05, 0) is 19.8 Å². The van der Waals surface area contributed by atoms with Gasteiger partial charge in [-0.15, -0.1) is 0 Å². The second-order valence-corrected chi connectivity index (χ2v) is 5.72. The van der Waals surface area contributed by atoms with Crippen molar-refractivity contribution in [3.63, 3.8) is 0 Å². The van der Waals surface area contributed by atoms with Gasteiger partial charge in [-0.2, -0.15) is 0 Å². The standard InChI is InChI=1S/C17H24N2O4/c1-5-11(2)18-16(20)15-6-7-19(17(15)21)12-8-13(22-3)10-14(9-12)23-4/h8-11,15H,5-7H2,1-4H3,(H,18,20). The normalized spacial score (nSPS) is 18.7. The fourth-order valence-corrected chi connectivity index (χ4v) is 2.57. The van der Waals surface area contributed by atoms with Crippen LogP contribution >= 0.6 is 0 Å². The topological polar surface area (TPSA) is 67.9 Å².